The van der Waals surface area contributed by atoms with Gasteiger partial charge in [0.05, 0.1) is 5.56 Å². The summed E-state index contributed by atoms with van der Waals surface area (Å²) in [6, 6.07) is 60.0. The first-order valence-corrected chi connectivity index (χ1v) is 17.4. The lowest BCUT2D eigenvalue weighted by molar-refractivity contribution is 0.659. The molecule has 2 heterocycles. The fraction of sp³-hybridized carbons (Fsp3) is 0.0638. The molecule has 2 unspecified atom stereocenters. The normalized spacial score (nSPS) is 17.8. The molecule has 0 amide bonds. The van der Waals surface area contributed by atoms with Gasteiger partial charge in [-0.25, -0.2) is 9.98 Å². The van der Waals surface area contributed by atoms with E-state index in [-0.39, 0.29) is 11.6 Å². The molecule has 10 rings (SSSR count). The maximum absolute atomic E-state index is 6.44. The van der Waals surface area contributed by atoms with E-state index in [0.717, 1.165) is 55.6 Å². The van der Waals surface area contributed by atoms with Gasteiger partial charge in [0.2, 0.25) is 0 Å². The van der Waals surface area contributed by atoms with Crippen molar-refractivity contribution in [3.05, 3.63) is 203 Å². The van der Waals surface area contributed by atoms with Crippen LogP contribution >= 0.6 is 0 Å². The number of nitrogens with one attached hydrogen (secondary N) is 1. The van der Waals surface area contributed by atoms with Gasteiger partial charge in [0.25, 0.3) is 0 Å². The van der Waals surface area contributed by atoms with Crippen molar-refractivity contribution in [3.63, 3.8) is 0 Å². The van der Waals surface area contributed by atoms with E-state index in [0.29, 0.717) is 5.84 Å². The maximum atomic E-state index is 6.44. The predicted octanol–water partition coefficient (Wildman–Crippen LogP) is 11.1. The molecule has 0 bridgehead atoms. The van der Waals surface area contributed by atoms with Crippen molar-refractivity contribution in [1.82, 2.24) is 5.32 Å². The van der Waals surface area contributed by atoms with Crippen molar-refractivity contribution in [3.8, 4) is 22.3 Å². The van der Waals surface area contributed by atoms with Gasteiger partial charge in [-0.05, 0) is 75.7 Å². The molecule has 0 radical (unpaired) electrons. The van der Waals surface area contributed by atoms with Crippen molar-refractivity contribution in [2.45, 2.75) is 18.5 Å². The van der Waals surface area contributed by atoms with E-state index in [1.807, 2.05) is 36.4 Å². The molecule has 1 aliphatic carbocycles. The Hall–Kier alpha value is -6.52. The monoisotopic (exact) mass is 655 g/mol. The van der Waals surface area contributed by atoms with Gasteiger partial charge in [-0.2, -0.15) is 0 Å². The minimum atomic E-state index is -0.318. The number of furan rings is 1. The standard InChI is InChI=1S/C47H33N3O/c1-47(34-18-6-3-7-19-34)40-24-10-8-20-35(40)36-27-26-32(29-41(36)47)31-16-12-17-33(28-31)45-48-44(30-14-4-2-5-15-30)49-46(50-45)39-23-13-22-38-37-21-9-11-25-42(37)51-43(38)39/h2-29,44H,1H3,(H,48,49,50). The molecule has 51 heavy (non-hydrogen) atoms. The predicted molar refractivity (Wildman–Crippen MR) is 208 cm³/mol. The number of aliphatic imine (C=N–C) groups is 2. The lowest BCUT2D eigenvalue weighted by Crippen LogP contribution is -2.33. The Morgan fingerprint density at radius 2 is 1.22 bits per heavy atom. The van der Waals surface area contributed by atoms with Gasteiger partial charge in [0, 0.05) is 21.8 Å². The molecule has 2 aliphatic rings. The largest absolute Gasteiger partial charge is 0.455 e. The van der Waals surface area contributed by atoms with E-state index in [9.17, 15) is 0 Å². The Bertz CT molecular complexity index is 2690. The summed E-state index contributed by atoms with van der Waals surface area (Å²) in [4.78, 5) is 10.4. The third kappa shape index (κ3) is 4.68. The molecule has 2 atom stereocenters. The van der Waals surface area contributed by atoms with E-state index in [1.165, 1.54) is 27.8 Å². The minimum absolute atomic E-state index is 0.264. The average Bonchev–Trinajstić information content (AvgIpc) is 3.72. The molecule has 8 aromatic rings. The van der Waals surface area contributed by atoms with Crippen LogP contribution in [0.5, 0.6) is 0 Å². The molecule has 1 aliphatic heterocycles. The zero-order valence-corrected chi connectivity index (χ0v) is 28.0. The number of nitrogens with zero attached hydrogens (tertiary/aromatic N) is 2. The van der Waals surface area contributed by atoms with Crippen molar-refractivity contribution < 1.29 is 4.42 Å². The highest BCUT2D eigenvalue weighted by molar-refractivity contribution is 6.19. The van der Waals surface area contributed by atoms with E-state index in [1.54, 1.807) is 0 Å². The van der Waals surface area contributed by atoms with Crippen LogP contribution in [0.1, 0.15) is 46.5 Å². The van der Waals surface area contributed by atoms with Crippen LogP contribution in [0.2, 0.25) is 0 Å². The number of amidine groups is 2. The summed E-state index contributed by atoms with van der Waals surface area (Å²) in [5.41, 5.74) is 13.2. The highest BCUT2D eigenvalue weighted by Gasteiger charge is 2.40. The third-order valence-electron chi connectivity index (χ3n) is 10.6. The molecule has 242 valence electrons. The summed E-state index contributed by atoms with van der Waals surface area (Å²) in [7, 11) is 0. The molecular weight excluding hydrogens is 623 g/mol. The molecular formula is C47H33N3O. The Labute approximate surface area is 296 Å². The maximum Gasteiger partial charge on any atom is 0.159 e. The van der Waals surface area contributed by atoms with Crippen LogP contribution in [0.25, 0.3) is 44.2 Å². The number of para-hydroxylation sites is 2. The number of benzene rings is 7. The smallest absolute Gasteiger partial charge is 0.159 e. The molecule has 0 spiro atoms. The molecule has 4 nitrogen and oxygen atoms in total. The van der Waals surface area contributed by atoms with Crippen molar-refractivity contribution in [1.29, 1.82) is 0 Å². The molecule has 0 fully saturated rings. The van der Waals surface area contributed by atoms with Crippen LogP contribution in [0.4, 0.5) is 0 Å². The minimum Gasteiger partial charge on any atom is -0.455 e. The Balaban J connectivity index is 1.10. The average molecular weight is 656 g/mol. The van der Waals surface area contributed by atoms with Gasteiger partial charge >= 0.3 is 0 Å². The summed E-state index contributed by atoms with van der Waals surface area (Å²) in [6.45, 7) is 2.36. The Morgan fingerprint density at radius 3 is 2.10 bits per heavy atom. The molecule has 7 aromatic carbocycles. The van der Waals surface area contributed by atoms with Crippen LogP contribution in [0, 0.1) is 0 Å². The summed E-state index contributed by atoms with van der Waals surface area (Å²) in [6.07, 6.45) is -0.318. The second kappa shape index (κ2) is 11.5. The van der Waals surface area contributed by atoms with E-state index >= 15 is 0 Å². The lowest BCUT2D eigenvalue weighted by atomic mass is 9.74. The van der Waals surface area contributed by atoms with Crippen molar-refractivity contribution in [2.24, 2.45) is 9.98 Å². The van der Waals surface area contributed by atoms with Crippen LogP contribution in [-0.4, -0.2) is 11.7 Å². The van der Waals surface area contributed by atoms with Crippen LogP contribution in [-0.2, 0) is 5.41 Å². The number of hydrogen-bond acceptors (Lipinski definition) is 4. The topological polar surface area (TPSA) is 49.9 Å². The first kappa shape index (κ1) is 29.4. The third-order valence-corrected chi connectivity index (χ3v) is 10.6. The summed E-state index contributed by atoms with van der Waals surface area (Å²) in [5, 5.41) is 5.79. The number of fused-ring (bicyclic) bond motifs is 6. The second-order valence-electron chi connectivity index (χ2n) is 13.5. The van der Waals surface area contributed by atoms with Gasteiger partial charge in [-0.15, -0.1) is 0 Å². The van der Waals surface area contributed by atoms with Crippen LogP contribution < -0.4 is 5.32 Å². The highest BCUT2D eigenvalue weighted by atomic mass is 16.3. The molecule has 1 N–H and O–H groups in total. The van der Waals surface area contributed by atoms with Crippen LogP contribution in [0.3, 0.4) is 0 Å². The number of rotatable bonds is 5. The SMILES string of the molecule is CC1(c2ccccc2)c2ccccc2-c2ccc(-c3cccc(C4=NC(c5ccccc5)NC(c5cccc6c5oc5ccccc56)=N4)c3)cc21. The van der Waals surface area contributed by atoms with Gasteiger partial charge in [-0.1, -0.05) is 146 Å². The molecule has 0 saturated heterocycles. The van der Waals surface area contributed by atoms with Gasteiger partial charge in [-0.3, -0.25) is 0 Å². The zero-order valence-electron chi connectivity index (χ0n) is 28.0. The quantitative estimate of drug-likeness (QED) is 0.201. The number of hydrogen-bond donors (Lipinski definition) is 1. The molecule has 1 aromatic heterocycles. The Morgan fingerprint density at radius 1 is 0.549 bits per heavy atom. The van der Waals surface area contributed by atoms with Gasteiger partial charge in [0.15, 0.2) is 5.84 Å². The van der Waals surface area contributed by atoms with Gasteiger partial charge in [0.1, 0.15) is 23.2 Å². The van der Waals surface area contributed by atoms with Crippen molar-refractivity contribution >= 4 is 33.6 Å². The summed E-state index contributed by atoms with van der Waals surface area (Å²) in [5.74, 6) is 1.41. The fourth-order valence-electron chi connectivity index (χ4n) is 8.05. The summed E-state index contributed by atoms with van der Waals surface area (Å²) < 4.78 is 6.44. The summed E-state index contributed by atoms with van der Waals surface area (Å²) >= 11 is 0. The van der Waals surface area contributed by atoms with E-state index < -0.39 is 0 Å². The van der Waals surface area contributed by atoms with E-state index in [4.69, 9.17) is 14.4 Å². The lowest BCUT2D eigenvalue weighted by Gasteiger charge is -2.28. The van der Waals surface area contributed by atoms with Crippen LogP contribution in [0.15, 0.2) is 184 Å². The van der Waals surface area contributed by atoms with E-state index in [2.05, 4.69) is 146 Å². The highest BCUT2D eigenvalue weighted by Crippen LogP contribution is 2.53. The molecule has 4 heteroatoms. The first-order valence-electron chi connectivity index (χ1n) is 17.4. The van der Waals surface area contributed by atoms with Gasteiger partial charge < -0.3 is 9.73 Å². The zero-order chi connectivity index (χ0) is 33.9. The fourth-order valence-corrected chi connectivity index (χ4v) is 8.05. The Kier molecular flexibility index (Phi) is 6.65. The first-order chi connectivity index (χ1) is 25.1. The molecule has 0 saturated carbocycles. The van der Waals surface area contributed by atoms with Crippen molar-refractivity contribution in [2.75, 3.05) is 0 Å². The second-order valence-corrected chi connectivity index (χ2v) is 13.5.